The zero-order chi connectivity index (χ0) is 22.7. The molecule has 166 valence electrons. The molecular weight excluding hydrogens is 452 g/mol. The van der Waals surface area contributed by atoms with E-state index < -0.39 is 22.0 Å². The molecule has 0 spiro atoms. The molecule has 1 aliphatic rings. The van der Waals surface area contributed by atoms with Crippen LogP contribution < -0.4 is 19.1 Å². The highest BCUT2D eigenvalue weighted by Gasteiger charge is 2.31. The minimum atomic E-state index is -3.59. The molecule has 0 aliphatic carbocycles. The van der Waals surface area contributed by atoms with Crippen LogP contribution >= 0.6 is 11.6 Å². The second-order valence-corrected chi connectivity index (χ2v) is 9.59. The molecule has 0 unspecified atom stereocenters. The minimum Gasteiger partial charge on any atom is -0.478 e. The Hall–Kier alpha value is -3.23. The van der Waals surface area contributed by atoms with Gasteiger partial charge in [-0.1, -0.05) is 41.9 Å². The lowest BCUT2D eigenvalue weighted by Crippen LogP contribution is -2.36. The second-order valence-electron chi connectivity index (χ2n) is 7.24. The molecule has 3 aromatic carbocycles. The molecule has 7 nitrogen and oxygen atoms in total. The van der Waals surface area contributed by atoms with Crippen LogP contribution in [-0.2, 0) is 14.8 Å². The zero-order valence-corrected chi connectivity index (χ0v) is 18.8. The number of nitrogens with zero attached hydrogens (tertiary/aromatic N) is 1. The van der Waals surface area contributed by atoms with Crippen LogP contribution in [0.5, 0.6) is 17.2 Å². The SMILES string of the molecule is CS(=O)(=O)N1CC[C@H](C(=O)Nc2ccccc2Oc2ccccc2)Oc2ccc(Cl)cc21. The molecule has 0 saturated carbocycles. The lowest BCUT2D eigenvalue weighted by atomic mass is 10.2. The highest BCUT2D eigenvalue weighted by Crippen LogP contribution is 2.37. The van der Waals surface area contributed by atoms with Crippen LogP contribution in [0.2, 0.25) is 5.02 Å². The number of anilines is 2. The van der Waals surface area contributed by atoms with Crippen molar-refractivity contribution >= 4 is 38.9 Å². The van der Waals surface area contributed by atoms with Gasteiger partial charge in [0.2, 0.25) is 10.0 Å². The van der Waals surface area contributed by atoms with Crippen LogP contribution in [0.15, 0.2) is 72.8 Å². The standard InChI is InChI=1S/C23H21ClN2O5S/c1-32(28,29)26-14-13-22(31-21-12-11-16(24)15-19(21)26)23(27)25-18-9-5-6-10-20(18)30-17-7-3-2-4-8-17/h2-12,15,22H,13-14H2,1H3,(H,25,27)/t22-/m1/s1. The van der Waals surface area contributed by atoms with Crippen molar-refractivity contribution in [1.82, 2.24) is 0 Å². The summed E-state index contributed by atoms with van der Waals surface area (Å²) in [5.74, 6) is 0.969. The Kier molecular flexibility index (Phi) is 6.25. The fraction of sp³-hybridized carbons (Fsp3) is 0.174. The first kappa shape index (κ1) is 22.0. The average Bonchev–Trinajstić information content (AvgIpc) is 2.95. The van der Waals surface area contributed by atoms with Crippen molar-refractivity contribution in [3.8, 4) is 17.2 Å². The Morgan fingerprint density at radius 1 is 1.09 bits per heavy atom. The summed E-state index contributed by atoms with van der Waals surface area (Å²) in [7, 11) is -3.59. The maximum Gasteiger partial charge on any atom is 0.265 e. The minimum absolute atomic E-state index is 0.0758. The molecule has 9 heteroatoms. The van der Waals surface area contributed by atoms with E-state index in [1.807, 2.05) is 30.3 Å². The van der Waals surface area contributed by atoms with Gasteiger partial charge in [0.15, 0.2) is 11.9 Å². The molecule has 0 aromatic heterocycles. The third-order valence-electron chi connectivity index (χ3n) is 4.86. The second kappa shape index (κ2) is 9.10. The first-order valence-corrected chi connectivity index (χ1v) is 12.1. The number of amides is 1. The summed E-state index contributed by atoms with van der Waals surface area (Å²) in [5, 5.41) is 3.21. The van der Waals surface area contributed by atoms with Gasteiger partial charge in [-0.25, -0.2) is 8.42 Å². The molecule has 3 aromatic rings. The lowest BCUT2D eigenvalue weighted by Gasteiger charge is -2.21. The van der Waals surface area contributed by atoms with Crippen molar-refractivity contribution < 1.29 is 22.7 Å². The van der Waals surface area contributed by atoms with Crippen molar-refractivity contribution in [3.63, 3.8) is 0 Å². The Labute approximate surface area is 191 Å². The van der Waals surface area contributed by atoms with Crippen molar-refractivity contribution in [2.75, 3.05) is 22.4 Å². The quantitative estimate of drug-likeness (QED) is 0.582. The van der Waals surface area contributed by atoms with Gasteiger partial charge in [0, 0.05) is 18.0 Å². The predicted octanol–water partition coefficient (Wildman–Crippen LogP) is 4.69. The summed E-state index contributed by atoms with van der Waals surface area (Å²) in [6, 6.07) is 20.9. The monoisotopic (exact) mass is 472 g/mol. The molecule has 4 rings (SSSR count). The fourth-order valence-electron chi connectivity index (χ4n) is 3.37. The van der Waals surface area contributed by atoms with Crippen LogP contribution in [0, 0.1) is 0 Å². The predicted molar refractivity (Wildman–Crippen MR) is 124 cm³/mol. The van der Waals surface area contributed by atoms with Crippen LogP contribution in [0.1, 0.15) is 6.42 Å². The van der Waals surface area contributed by atoms with Crippen LogP contribution in [0.4, 0.5) is 11.4 Å². The Bertz CT molecular complexity index is 1230. The molecule has 1 atom stereocenters. The summed E-state index contributed by atoms with van der Waals surface area (Å²) in [4.78, 5) is 13.1. The van der Waals surface area contributed by atoms with E-state index in [2.05, 4.69) is 5.32 Å². The number of rotatable bonds is 5. The molecule has 1 N–H and O–H groups in total. The van der Waals surface area contributed by atoms with Gasteiger partial charge in [0.05, 0.1) is 17.6 Å². The molecule has 1 aliphatic heterocycles. The van der Waals surface area contributed by atoms with Gasteiger partial charge in [-0.05, 0) is 42.5 Å². The van der Waals surface area contributed by atoms with Crippen LogP contribution in [0.25, 0.3) is 0 Å². The van der Waals surface area contributed by atoms with E-state index >= 15 is 0 Å². The highest BCUT2D eigenvalue weighted by atomic mass is 35.5. The van der Waals surface area contributed by atoms with Crippen molar-refractivity contribution in [2.45, 2.75) is 12.5 Å². The van der Waals surface area contributed by atoms with Gasteiger partial charge in [-0.2, -0.15) is 0 Å². The average molecular weight is 473 g/mol. The molecule has 0 saturated heterocycles. The summed E-state index contributed by atoms with van der Waals surface area (Å²) in [6.45, 7) is 0.0758. The summed E-state index contributed by atoms with van der Waals surface area (Å²) < 4.78 is 37.6. The van der Waals surface area contributed by atoms with Crippen LogP contribution in [0.3, 0.4) is 0 Å². The largest absolute Gasteiger partial charge is 0.478 e. The third kappa shape index (κ3) is 4.98. The highest BCUT2D eigenvalue weighted by molar-refractivity contribution is 7.92. The number of carbonyl (C=O) groups is 1. The number of fused-ring (bicyclic) bond motifs is 1. The fourth-order valence-corrected chi connectivity index (χ4v) is 4.47. The molecule has 32 heavy (non-hydrogen) atoms. The first-order valence-electron chi connectivity index (χ1n) is 9.88. The van der Waals surface area contributed by atoms with Crippen molar-refractivity contribution in [1.29, 1.82) is 0 Å². The number of nitrogens with one attached hydrogen (secondary N) is 1. The molecule has 1 heterocycles. The molecular formula is C23H21ClN2O5S. The summed E-state index contributed by atoms with van der Waals surface area (Å²) >= 11 is 6.07. The van der Waals surface area contributed by atoms with E-state index in [1.165, 1.54) is 10.4 Å². The summed E-state index contributed by atoms with van der Waals surface area (Å²) in [6.07, 6.45) is 0.355. The smallest absolute Gasteiger partial charge is 0.265 e. The van der Waals surface area contributed by atoms with E-state index in [1.54, 1.807) is 36.4 Å². The molecule has 0 bridgehead atoms. The molecule has 0 radical (unpaired) electrons. The van der Waals surface area contributed by atoms with Gasteiger partial charge < -0.3 is 14.8 Å². The Balaban J connectivity index is 1.57. The number of sulfonamides is 1. The Morgan fingerprint density at radius 2 is 1.81 bits per heavy atom. The van der Waals surface area contributed by atoms with E-state index in [0.717, 1.165) is 6.26 Å². The van der Waals surface area contributed by atoms with Crippen molar-refractivity contribution in [3.05, 3.63) is 77.8 Å². The zero-order valence-electron chi connectivity index (χ0n) is 17.2. The molecule has 1 amide bonds. The maximum absolute atomic E-state index is 13.1. The van der Waals surface area contributed by atoms with Gasteiger partial charge in [-0.15, -0.1) is 0 Å². The van der Waals surface area contributed by atoms with E-state index in [9.17, 15) is 13.2 Å². The number of ether oxygens (including phenoxy) is 2. The van der Waals surface area contributed by atoms with Gasteiger partial charge in [0.25, 0.3) is 5.91 Å². The van der Waals surface area contributed by atoms with Gasteiger partial charge in [-0.3, -0.25) is 9.10 Å². The number of halogens is 1. The lowest BCUT2D eigenvalue weighted by molar-refractivity contribution is -0.122. The van der Waals surface area contributed by atoms with E-state index in [-0.39, 0.29) is 18.7 Å². The number of hydrogen-bond acceptors (Lipinski definition) is 5. The van der Waals surface area contributed by atoms with Crippen LogP contribution in [-0.4, -0.2) is 33.2 Å². The number of para-hydroxylation sites is 3. The number of carbonyl (C=O) groups excluding carboxylic acids is 1. The van der Waals surface area contributed by atoms with Crippen molar-refractivity contribution in [2.24, 2.45) is 0 Å². The first-order chi connectivity index (χ1) is 15.3. The normalized spacial score (nSPS) is 15.8. The maximum atomic E-state index is 13.1. The molecule has 0 fully saturated rings. The third-order valence-corrected chi connectivity index (χ3v) is 6.28. The number of hydrogen-bond donors (Lipinski definition) is 1. The van der Waals surface area contributed by atoms with E-state index in [0.29, 0.717) is 27.9 Å². The summed E-state index contributed by atoms with van der Waals surface area (Å²) in [5.41, 5.74) is 0.786. The topological polar surface area (TPSA) is 84.9 Å². The number of benzene rings is 3. The Morgan fingerprint density at radius 3 is 2.56 bits per heavy atom. The van der Waals surface area contributed by atoms with Gasteiger partial charge >= 0.3 is 0 Å². The van der Waals surface area contributed by atoms with E-state index in [4.69, 9.17) is 21.1 Å². The van der Waals surface area contributed by atoms with Gasteiger partial charge in [0.1, 0.15) is 11.5 Å².